The molecule has 1 N–H and O–H groups in total. The van der Waals surface area contributed by atoms with Crippen molar-refractivity contribution in [3.63, 3.8) is 0 Å². The molecule has 31 heavy (non-hydrogen) atoms. The van der Waals surface area contributed by atoms with Crippen molar-refractivity contribution in [3.8, 4) is 11.5 Å². The number of hydrogen-bond donors (Lipinski definition) is 1. The Morgan fingerprint density at radius 3 is 2.65 bits per heavy atom. The number of hydrogen-bond acceptors (Lipinski definition) is 6. The highest BCUT2D eigenvalue weighted by molar-refractivity contribution is 5.89. The Balaban J connectivity index is 0.00000231. The van der Waals surface area contributed by atoms with Crippen molar-refractivity contribution in [2.24, 2.45) is 11.8 Å². The zero-order valence-corrected chi connectivity index (χ0v) is 17.9. The van der Waals surface area contributed by atoms with Crippen molar-refractivity contribution >= 4 is 16.9 Å². The number of aromatic amines is 1. The number of nitrogens with zero attached hydrogens (tertiary/aromatic N) is 1. The second-order valence-electron chi connectivity index (χ2n) is 8.44. The lowest BCUT2D eigenvalue weighted by Gasteiger charge is -2.49. The molecular formula is C24H32N2O5. The van der Waals surface area contributed by atoms with Gasteiger partial charge in [-0.3, -0.25) is 4.90 Å². The number of carbonyl (C=O) groups is 1. The monoisotopic (exact) mass is 428 g/mol. The average molecular weight is 429 g/mol. The molecule has 0 radical (unpaired) electrons. The van der Waals surface area contributed by atoms with Gasteiger partial charge in [-0.05, 0) is 31.4 Å². The first-order chi connectivity index (χ1) is 14.5. The lowest BCUT2D eigenvalue weighted by molar-refractivity contribution is -0.139. The first-order valence-electron chi connectivity index (χ1n) is 10.5. The van der Waals surface area contributed by atoms with Crippen LogP contribution in [0.15, 0.2) is 24.0 Å². The van der Waals surface area contributed by atoms with E-state index < -0.39 is 0 Å². The van der Waals surface area contributed by atoms with Gasteiger partial charge in [0, 0.05) is 47.6 Å². The maximum atomic E-state index is 12.4. The third-order valence-electron chi connectivity index (χ3n) is 7.14. The molecule has 168 valence electrons. The van der Waals surface area contributed by atoms with Gasteiger partial charge < -0.3 is 23.9 Å². The fraction of sp³-hybridized carbons (Fsp3) is 0.542. The van der Waals surface area contributed by atoms with Crippen LogP contribution in [-0.4, -0.2) is 56.4 Å². The minimum atomic E-state index is -0.285. The molecule has 7 nitrogen and oxygen atoms in total. The largest absolute Gasteiger partial charge is 0.497 e. The molecule has 0 bridgehead atoms. The Hall–Kier alpha value is -2.67. The summed E-state index contributed by atoms with van der Waals surface area (Å²) < 4.78 is 21.9. The molecule has 2 aromatic rings. The number of piperidine rings is 1. The summed E-state index contributed by atoms with van der Waals surface area (Å²) >= 11 is 0. The Morgan fingerprint density at radius 1 is 1.19 bits per heavy atom. The Kier molecular flexibility index (Phi) is 5.64. The van der Waals surface area contributed by atoms with Gasteiger partial charge in [0.25, 0.3) is 0 Å². The van der Waals surface area contributed by atoms with E-state index in [0.717, 1.165) is 42.9 Å². The van der Waals surface area contributed by atoms with Crippen molar-refractivity contribution in [3.05, 3.63) is 35.2 Å². The molecule has 1 aromatic heterocycles. The fourth-order valence-corrected chi connectivity index (χ4v) is 5.56. The van der Waals surface area contributed by atoms with E-state index in [1.807, 2.05) is 6.07 Å². The number of ether oxygens (including phenoxy) is 4. The summed E-state index contributed by atoms with van der Waals surface area (Å²) in [5.74, 6) is 1.59. The van der Waals surface area contributed by atoms with Crippen LogP contribution in [0.3, 0.4) is 0 Å². The molecule has 3 aliphatic rings. The molecule has 0 amide bonds. The first-order valence-corrected chi connectivity index (χ1v) is 10.5. The van der Waals surface area contributed by atoms with Crippen molar-refractivity contribution in [1.82, 2.24) is 9.88 Å². The number of nitrogens with one attached hydrogen (secondary N) is 1. The number of methoxy groups -OCH3 is 3. The van der Waals surface area contributed by atoms with Crippen LogP contribution in [0.4, 0.5) is 0 Å². The van der Waals surface area contributed by atoms with Crippen LogP contribution in [0.1, 0.15) is 38.1 Å². The van der Waals surface area contributed by atoms with E-state index in [1.165, 1.54) is 23.8 Å². The third kappa shape index (κ3) is 3.26. The summed E-state index contributed by atoms with van der Waals surface area (Å²) in [6, 6.07) is 4.32. The van der Waals surface area contributed by atoms with Crippen LogP contribution >= 0.6 is 0 Å². The molecule has 3 aliphatic heterocycles. The second-order valence-corrected chi connectivity index (χ2v) is 8.44. The van der Waals surface area contributed by atoms with Crippen LogP contribution in [0, 0.1) is 11.8 Å². The maximum Gasteiger partial charge on any atom is 0.337 e. The molecule has 0 saturated carbocycles. The van der Waals surface area contributed by atoms with Crippen LogP contribution < -0.4 is 9.47 Å². The van der Waals surface area contributed by atoms with Gasteiger partial charge in [-0.25, -0.2) is 4.79 Å². The van der Waals surface area contributed by atoms with Gasteiger partial charge in [-0.15, -0.1) is 0 Å². The minimum Gasteiger partial charge on any atom is -0.497 e. The predicted molar refractivity (Wildman–Crippen MR) is 118 cm³/mol. The molecular weight excluding hydrogens is 396 g/mol. The minimum absolute atomic E-state index is 0. The van der Waals surface area contributed by atoms with Gasteiger partial charge in [0.1, 0.15) is 0 Å². The zero-order chi connectivity index (χ0) is 21.0. The van der Waals surface area contributed by atoms with Gasteiger partial charge in [-0.1, -0.05) is 7.43 Å². The number of H-pyrrole nitrogens is 1. The van der Waals surface area contributed by atoms with Gasteiger partial charge in [0.15, 0.2) is 11.5 Å². The van der Waals surface area contributed by atoms with Crippen molar-refractivity contribution < 1.29 is 23.7 Å². The topological polar surface area (TPSA) is 73.0 Å². The predicted octanol–water partition coefficient (Wildman–Crippen LogP) is 3.83. The smallest absolute Gasteiger partial charge is 0.337 e. The van der Waals surface area contributed by atoms with Crippen LogP contribution in [0.5, 0.6) is 11.5 Å². The molecule has 4 heterocycles. The standard InChI is InChI=1S/C23H28N2O5.CH4/c1-12-16-10-25-6-5-13-15-8-20(27-2)21(28-3)9-18(15)24-22(13)19(25)7-14(16)17(11-30-12)23(26)29-4;/h8-9,11-12,14,16,19,24H,5-7,10H2,1-4H3;1H4/t12-,14-,16-,19?;/m1./s1. The summed E-state index contributed by atoms with van der Waals surface area (Å²) in [6.45, 7) is 4.00. The molecule has 0 spiro atoms. The summed E-state index contributed by atoms with van der Waals surface area (Å²) in [7, 11) is 4.75. The van der Waals surface area contributed by atoms with Gasteiger partial charge in [-0.2, -0.15) is 0 Å². The first kappa shape index (κ1) is 21.6. The molecule has 1 unspecified atom stereocenters. The highest BCUT2D eigenvalue weighted by atomic mass is 16.5. The average Bonchev–Trinajstić information content (AvgIpc) is 3.14. The van der Waals surface area contributed by atoms with E-state index in [0.29, 0.717) is 5.57 Å². The molecule has 0 aliphatic carbocycles. The summed E-state index contributed by atoms with van der Waals surface area (Å²) in [5, 5.41) is 1.19. The molecule has 1 saturated heterocycles. The number of carbonyl (C=O) groups excluding carboxylic acids is 1. The number of fused-ring (bicyclic) bond motifs is 6. The Labute approximate surface area is 183 Å². The molecule has 1 fully saturated rings. The summed E-state index contributed by atoms with van der Waals surface area (Å²) in [4.78, 5) is 18.6. The number of esters is 1. The van der Waals surface area contributed by atoms with E-state index in [2.05, 4.69) is 22.9 Å². The number of rotatable bonds is 3. The van der Waals surface area contributed by atoms with Gasteiger partial charge >= 0.3 is 5.97 Å². The Bertz CT molecular complexity index is 1030. The van der Waals surface area contributed by atoms with E-state index in [4.69, 9.17) is 18.9 Å². The maximum absolute atomic E-state index is 12.4. The van der Waals surface area contributed by atoms with E-state index in [-0.39, 0.29) is 37.4 Å². The summed E-state index contributed by atoms with van der Waals surface area (Å²) in [5.41, 5.74) is 4.31. The third-order valence-corrected chi connectivity index (χ3v) is 7.14. The summed E-state index contributed by atoms with van der Waals surface area (Å²) in [6.07, 6.45) is 3.56. The second kappa shape index (κ2) is 8.11. The van der Waals surface area contributed by atoms with E-state index in [1.54, 1.807) is 20.5 Å². The highest BCUT2D eigenvalue weighted by Gasteiger charge is 2.47. The molecule has 7 heteroatoms. The van der Waals surface area contributed by atoms with Crippen LogP contribution in [0.2, 0.25) is 0 Å². The fourth-order valence-electron chi connectivity index (χ4n) is 5.56. The van der Waals surface area contributed by atoms with Gasteiger partial charge in [0.05, 0.1) is 45.3 Å². The van der Waals surface area contributed by atoms with Crippen molar-refractivity contribution in [2.75, 3.05) is 34.4 Å². The van der Waals surface area contributed by atoms with Crippen LogP contribution in [0.25, 0.3) is 10.9 Å². The molecule has 5 rings (SSSR count). The number of aromatic nitrogens is 1. The highest BCUT2D eigenvalue weighted by Crippen LogP contribution is 2.48. The van der Waals surface area contributed by atoms with Gasteiger partial charge in [0.2, 0.25) is 0 Å². The molecule has 4 atom stereocenters. The normalized spacial score (nSPS) is 27.0. The van der Waals surface area contributed by atoms with Crippen molar-refractivity contribution in [1.29, 1.82) is 0 Å². The zero-order valence-electron chi connectivity index (χ0n) is 17.9. The lowest BCUT2D eigenvalue weighted by Crippen LogP contribution is -2.51. The van der Waals surface area contributed by atoms with Crippen molar-refractivity contribution in [2.45, 2.75) is 39.3 Å². The van der Waals surface area contributed by atoms with E-state index >= 15 is 0 Å². The Morgan fingerprint density at radius 2 is 1.94 bits per heavy atom. The SMILES string of the molecule is C.COC(=O)C1=CO[C@H](C)[C@H]2CN3CCc4c([nH]c5cc(OC)c(OC)cc45)C3C[C@@H]12. The lowest BCUT2D eigenvalue weighted by atomic mass is 9.72. The number of benzene rings is 1. The van der Waals surface area contributed by atoms with Crippen LogP contribution in [-0.2, 0) is 20.7 Å². The van der Waals surface area contributed by atoms with E-state index in [9.17, 15) is 4.79 Å². The molecule has 1 aromatic carbocycles. The quantitative estimate of drug-likeness (QED) is 0.749.